The first-order valence-corrected chi connectivity index (χ1v) is 21.6. The molecule has 3 aromatic rings. The number of ether oxygens (including phenoxy) is 4. The summed E-state index contributed by atoms with van der Waals surface area (Å²) in [4.78, 5) is 65.3. The Morgan fingerprint density at radius 2 is 1.74 bits per heavy atom. The maximum Gasteiger partial charge on any atom is 0.344 e. The van der Waals surface area contributed by atoms with Crippen molar-refractivity contribution in [3.63, 3.8) is 0 Å². The molecule has 3 fully saturated rings. The van der Waals surface area contributed by atoms with E-state index in [-0.39, 0.29) is 37.6 Å². The molecule has 1 saturated carbocycles. The summed E-state index contributed by atoms with van der Waals surface area (Å²) >= 11 is 0. The fourth-order valence-electron chi connectivity index (χ4n) is 13.5. The molecular formula is C47H56F2N4O9. The number of aromatic amines is 1. The number of fused-ring (bicyclic) bond motifs is 6. The van der Waals surface area contributed by atoms with Crippen LogP contribution in [-0.4, -0.2) is 128 Å². The Morgan fingerprint density at radius 1 is 1.00 bits per heavy atom. The topological polar surface area (TPSA) is 151 Å². The lowest BCUT2D eigenvalue weighted by Gasteiger charge is -2.63. The van der Waals surface area contributed by atoms with Gasteiger partial charge < -0.3 is 33.9 Å². The van der Waals surface area contributed by atoms with Gasteiger partial charge in [-0.3, -0.25) is 24.2 Å². The molecule has 2 saturated heterocycles. The molecule has 2 N–H and O–H groups in total. The Kier molecular flexibility index (Phi) is 9.81. The number of benzene rings is 2. The van der Waals surface area contributed by atoms with Gasteiger partial charge >= 0.3 is 17.9 Å². The molecule has 62 heavy (non-hydrogen) atoms. The van der Waals surface area contributed by atoms with Crippen molar-refractivity contribution in [2.45, 2.75) is 100 Å². The first kappa shape index (κ1) is 42.4. The molecule has 6 heterocycles. The number of ketones is 1. The van der Waals surface area contributed by atoms with Gasteiger partial charge in [0.2, 0.25) is 11.5 Å². The largest absolute Gasteiger partial charge is 0.496 e. The molecule has 10 atom stereocenters. The summed E-state index contributed by atoms with van der Waals surface area (Å²) in [6.07, 6.45) is 3.80. The predicted molar refractivity (Wildman–Crippen MR) is 224 cm³/mol. The molecule has 2 unspecified atom stereocenters. The number of aliphatic hydroxyl groups is 1. The highest BCUT2D eigenvalue weighted by atomic mass is 19.3. The zero-order chi connectivity index (χ0) is 44.5. The number of esters is 3. The third-order valence-electron chi connectivity index (χ3n) is 15.8. The van der Waals surface area contributed by atoms with Crippen LogP contribution in [0.2, 0.25) is 0 Å². The molecule has 0 radical (unpaired) electrons. The summed E-state index contributed by atoms with van der Waals surface area (Å²) in [6.45, 7) is 7.67. The van der Waals surface area contributed by atoms with Gasteiger partial charge in [0.1, 0.15) is 11.2 Å². The molecule has 332 valence electrons. The summed E-state index contributed by atoms with van der Waals surface area (Å²) in [5.74, 6) is -6.40. The number of methoxy groups -OCH3 is 3. The van der Waals surface area contributed by atoms with Crippen molar-refractivity contribution in [3.05, 3.63) is 70.4 Å². The summed E-state index contributed by atoms with van der Waals surface area (Å²) in [7, 11) is 5.84. The number of alkyl halides is 2. The highest BCUT2D eigenvalue weighted by Gasteiger charge is 2.80. The van der Waals surface area contributed by atoms with E-state index >= 15 is 13.6 Å². The van der Waals surface area contributed by atoms with Crippen molar-refractivity contribution < 1.29 is 52.0 Å². The van der Waals surface area contributed by atoms with Crippen LogP contribution in [0, 0.1) is 17.3 Å². The zero-order valence-electron chi connectivity index (χ0n) is 36.6. The lowest BCUT2D eigenvalue weighted by molar-refractivity contribution is -0.228. The molecule has 1 aromatic heterocycles. The quantitative estimate of drug-likeness (QED) is 0.131. The third-order valence-corrected chi connectivity index (χ3v) is 15.8. The molecule has 15 heteroatoms. The van der Waals surface area contributed by atoms with Gasteiger partial charge in [0.15, 0.2) is 11.9 Å². The lowest BCUT2D eigenvalue weighted by Crippen LogP contribution is -2.81. The number of piperidine rings is 1. The molecule has 0 amide bonds. The molecule has 1 aliphatic carbocycles. The van der Waals surface area contributed by atoms with Crippen LogP contribution in [0.1, 0.15) is 86.1 Å². The van der Waals surface area contributed by atoms with Crippen LogP contribution in [0.3, 0.4) is 0 Å². The normalized spacial score (nSPS) is 34.6. The molecule has 13 nitrogen and oxygen atoms in total. The minimum atomic E-state index is -2.99. The van der Waals surface area contributed by atoms with Crippen molar-refractivity contribution in [1.82, 2.24) is 14.8 Å². The Hall–Kier alpha value is -4.86. The van der Waals surface area contributed by atoms with Crippen LogP contribution < -0.4 is 9.64 Å². The second kappa shape index (κ2) is 14.3. The highest BCUT2D eigenvalue weighted by molar-refractivity contribution is 6.00. The number of nitrogens with one attached hydrogen (secondary N) is 1. The zero-order valence-corrected chi connectivity index (χ0v) is 36.6. The van der Waals surface area contributed by atoms with E-state index < -0.39 is 69.8 Å². The van der Waals surface area contributed by atoms with Crippen LogP contribution in [0.15, 0.2) is 42.5 Å². The van der Waals surface area contributed by atoms with Gasteiger partial charge in [-0.1, -0.05) is 19.1 Å². The standard InChI is InChI=1S/C47H56F2N4O9/c1-9-44-13-10-15-53-16-14-45(38(44)53)32-19-33(36(59-6)20-35(32)51(5)39(45)47(58,42(57)61-8)40(44)62-26(3)55)46(41(56)60-7)21-27-17-29(43(4,48)49)23-52(22-27)24-31-30-18-28(25(2)54)11-12-34(30)50-37(31)46/h10-13,18-20,27,29,38-40,50,58H,9,14-17,21-24H2,1-8H3/t27-,29?,38+,39-,40-,44-,45-,46+,47+/m1/s1. The highest BCUT2D eigenvalue weighted by Crippen LogP contribution is 2.68. The van der Waals surface area contributed by atoms with E-state index in [0.717, 1.165) is 12.5 Å². The second-order valence-electron chi connectivity index (χ2n) is 18.8. The van der Waals surface area contributed by atoms with E-state index in [1.54, 1.807) is 19.2 Å². The van der Waals surface area contributed by atoms with Crippen molar-refractivity contribution >= 4 is 40.3 Å². The number of hydrogen-bond acceptors (Lipinski definition) is 12. The van der Waals surface area contributed by atoms with Crippen LogP contribution >= 0.6 is 0 Å². The molecule has 2 aromatic carbocycles. The minimum absolute atomic E-state index is 0.0847. The number of hydrogen-bond donors (Lipinski definition) is 2. The number of H-pyrrole nitrogens is 1. The van der Waals surface area contributed by atoms with Crippen LogP contribution in [0.25, 0.3) is 10.9 Å². The molecule has 6 aliphatic rings. The lowest BCUT2D eigenvalue weighted by atomic mass is 9.47. The van der Waals surface area contributed by atoms with Gasteiger partial charge in [-0.05, 0) is 87.4 Å². The van der Waals surface area contributed by atoms with Gasteiger partial charge in [0, 0.05) is 102 Å². The van der Waals surface area contributed by atoms with Crippen molar-refractivity contribution in [1.29, 1.82) is 0 Å². The number of carbonyl (C=O) groups excluding carboxylic acids is 4. The van der Waals surface area contributed by atoms with Crippen molar-refractivity contribution in [3.8, 4) is 5.75 Å². The number of likely N-dealkylation sites (N-methyl/N-ethyl adjacent to an activating group) is 1. The van der Waals surface area contributed by atoms with E-state index in [4.69, 9.17) is 18.9 Å². The summed E-state index contributed by atoms with van der Waals surface area (Å²) in [5, 5.41) is 14.0. The van der Waals surface area contributed by atoms with E-state index in [1.807, 2.05) is 47.1 Å². The summed E-state index contributed by atoms with van der Waals surface area (Å²) in [6, 6.07) is 7.73. The molecule has 1 spiro atoms. The second-order valence-corrected chi connectivity index (χ2v) is 18.8. The average Bonchev–Trinajstić information content (AvgIpc) is 3.89. The van der Waals surface area contributed by atoms with Gasteiger partial charge in [0.25, 0.3) is 0 Å². The Morgan fingerprint density at radius 3 is 2.39 bits per heavy atom. The van der Waals surface area contributed by atoms with Crippen molar-refractivity contribution in [2.24, 2.45) is 17.3 Å². The van der Waals surface area contributed by atoms with Gasteiger partial charge in [-0.2, -0.15) is 0 Å². The van der Waals surface area contributed by atoms with E-state index in [2.05, 4.69) is 9.88 Å². The maximum absolute atomic E-state index is 15.4. The molecular weight excluding hydrogens is 803 g/mol. The fourth-order valence-corrected chi connectivity index (χ4v) is 13.5. The van der Waals surface area contributed by atoms with E-state index in [0.29, 0.717) is 77.2 Å². The first-order valence-electron chi connectivity index (χ1n) is 21.6. The predicted octanol–water partition coefficient (Wildman–Crippen LogP) is 5.28. The van der Waals surface area contributed by atoms with Crippen LogP contribution in [0.4, 0.5) is 14.5 Å². The first-order chi connectivity index (χ1) is 29.4. The van der Waals surface area contributed by atoms with Gasteiger partial charge in [0.05, 0.1) is 27.4 Å². The number of carbonyl (C=O) groups is 4. The summed E-state index contributed by atoms with van der Waals surface area (Å²) in [5.41, 5.74) is -1.90. The van der Waals surface area contributed by atoms with Crippen LogP contribution in [-0.2, 0) is 46.0 Å². The maximum atomic E-state index is 15.4. The number of aromatic nitrogens is 1. The average molecular weight is 859 g/mol. The smallest absolute Gasteiger partial charge is 0.344 e. The van der Waals surface area contributed by atoms with E-state index in [1.165, 1.54) is 35.2 Å². The monoisotopic (exact) mass is 858 g/mol. The van der Waals surface area contributed by atoms with E-state index in [9.17, 15) is 19.5 Å². The fraction of sp³-hybridized carbons (Fsp3) is 0.574. The van der Waals surface area contributed by atoms with Gasteiger partial charge in [-0.15, -0.1) is 0 Å². The number of Topliss-reactive ketones (excluding diaryl/α,β-unsaturated/α-hetero) is 1. The minimum Gasteiger partial charge on any atom is -0.496 e. The Labute approximate surface area is 359 Å². The Balaban J connectivity index is 1.37. The summed E-state index contributed by atoms with van der Waals surface area (Å²) < 4.78 is 54.5. The number of anilines is 1. The SMILES string of the molecule is CC[C@]12C=CCN3CC[C@@]4(c5cc([C@@]6(C(=O)OC)C[C@H]7CC(C(C)(F)F)CN(Cc8c6[nH]c6ccc(C(C)=O)cc86)C7)c(OC)cc5N(C)[C@H]4[C@@](O)(C(=O)OC)[C@@H]1OC(C)=O)[C@@H]32. The Bertz CT molecular complexity index is 2430. The van der Waals surface area contributed by atoms with Crippen LogP contribution in [0.5, 0.6) is 5.75 Å². The number of nitrogens with zero attached hydrogens (tertiary/aromatic N) is 3. The number of rotatable bonds is 8. The van der Waals surface area contributed by atoms with Gasteiger partial charge in [-0.25, -0.2) is 13.6 Å². The molecule has 9 rings (SSSR count). The molecule has 2 bridgehead atoms. The third kappa shape index (κ3) is 5.52. The van der Waals surface area contributed by atoms with Crippen molar-refractivity contribution in [2.75, 3.05) is 59.5 Å². The number of halogens is 2. The molecule has 5 aliphatic heterocycles.